The van der Waals surface area contributed by atoms with Crippen molar-refractivity contribution in [2.24, 2.45) is 0 Å². The standard InChI is InChI=1S/C31H36F3N7O3/c1-18-6-7-25(38-37-18)22-8-9-41-26(22)15-23(29(42)35-16-24-27(44-5)14-19(2)36-30(24)43)20(3)28(41)21(4)40-12-10-39(11-13-40)17-31(32,33)34/h6-9,14-15,21H,10-13,16-17H2,1-5H3,(H,35,42)(H,36,43)/t21-/m1/s1. The molecule has 5 heterocycles. The van der Waals surface area contributed by atoms with Crippen LogP contribution in [0.25, 0.3) is 16.8 Å². The average Bonchev–Trinajstić information content (AvgIpc) is 3.39. The van der Waals surface area contributed by atoms with Gasteiger partial charge in [-0.25, -0.2) is 0 Å². The minimum atomic E-state index is -4.24. The Balaban J connectivity index is 1.52. The smallest absolute Gasteiger partial charge is 0.401 e. The molecule has 0 unspecified atom stereocenters. The average molecular weight is 612 g/mol. The lowest BCUT2D eigenvalue weighted by atomic mass is 9.99. The fourth-order valence-corrected chi connectivity index (χ4v) is 5.91. The molecule has 0 spiro atoms. The zero-order chi connectivity index (χ0) is 31.8. The number of halogens is 3. The molecule has 4 aromatic heterocycles. The van der Waals surface area contributed by atoms with Crippen LogP contribution in [0.2, 0.25) is 0 Å². The van der Waals surface area contributed by atoms with Gasteiger partial charge in [0.25, 0.3) is 11.5 Å². The summed E-state index contributed by atoms with van der Waals surface area (Å²) in [4.78, 5) is 32.7. The predicted molar refractivity (Wildman–Crippen MR) is 160 cm³/mol. The SMILES string of the molecule is COc1cc(C)[nH]c(=O)c1CNC(=O)c1cc2c(-c3ccc(C)nn3)ccn2c([C@@H](C)N2CCN(CC(F)(F)F)CC2)c1C. The Morgan fingerprint density at radius 2 is 1.82 bits per heavy atom. The number of carbonyl (C=O) groups excluding carboxylic acids is 1. The van der Waals surface area contributed by atoms with E-state index in [-0.39, 0.29) is 37.1 Å². The summed E-state index contributed by atoms with van der Waals surface area (Å²) >= 11 is 0. The van der Waals surface area contributed by atoms with Crippen molar-refractivity contribution >= 4 is 11.4 Å². The van der Waals surface area contributed by atoms with Crippen molar-refractivity contribution in [1.82, 2.24) is 34.7 Å². The lowest BCUT2D eigenvalue weighted by Crippen LogP contribution is -2.49. The molecular formula is C31H36F3N7O3. The normalized spacial score (nSPS) is 15.5. The van der Waals surface area contributed by atoms with Gasteiger partial charge in [-0.1, -0.05) is 0 Å². The molecule has 1 fully saturated rings. The molecule has 1 atom stereocenters. The lowest BCUT2D eigenvalue weighted by molar-refractivity contribution is -0.149. The highest BCUT2D eigenvalue weighted by Crippen LogP contribution is 2.33. The Morgan fingerprint density at radius 1 is 1.09 bits per heavy atom. The number of amides is 1. The number of alkyl halides is 3. The van der Waals surface area contributed by atoms with E-state index >= 15 is 0 Å². The number of H-pyrrole nitrogens is 1. The second-order valence-corrected chi connectivity index (χ2v) is 11.2. The van der Waals surface area contributed by atoms with Crippen molar-refractivity contribution < 1.29 is 22.7 Å². The van der Waals surface area contributed by atoms with Crippen molar-refractivity contribution in [1.29, 1.82) is 0 Å². The highest BCUT2D eigenvalue weighted by molar-refractivity contribution is 5.98. The van der Waals surface area contributed by atoms with Crippen molar-refractivity contribution in [3.63, 3.8) is 0 Å². The van der Waals surface area contributed by atoms with Gasteiger partial charge in [-0.15, -0.1) is 0 Å². The van der Waals surface area contributed by atoms with Gasteiger partial charge in [0.15, 0.2) is 0 Å². The van der Waals surface area contributed by atoms with Crippen LogP contribution < -0.4 is 15.6 Å². The number of rotatable bonds is 8. The molecule has 5 rings (SSSR count). The maximum atomic E-state index is 13.8. The van der Waals surface area contributed by atoms with Crippen molar-refractivity contribution in [2.75, 3.05) is 39.8 Å². The van der Waals surface area contributed by atoms with Gasteiger partial charge in [0.05, 0.1) is 42.7 Å². The quantitative estimate of drug-likeness (QED) is 0.308. The third kappa shape index (κ3) is 6.48. The number of ether oxygens (including phenoxy) is 1. The number of hydrogen-bond donors (Lipinski definition) is 2. The van der Waals surface area contributed by atoms with Crippen LogP contribution in [-0.2, 0) is 6.54 Å². The van der Waals surface area contributed by atoms with Gasteiger partial charge in [-0.05, 0) is 63.6 Å². The van der Waals surface area contributed by atoms with Gasteiger partial charge >= 0.3 is 6.18 Å². The van der Waals surface area contributed by atoms with Crippen molar-refractivity contribution in [3.05, 3.63) is 80.7 Å². The molecule has 0 saturated carbocycles. The topological polar surface area (TPSA) is 108 Å². The Hall–Kier alpha value is -4.23. The van der Waals surface area contributed by atoms with Crippen LogP contribution in [0.5, 0.6) is 5.75 Å². The zero-order valence-electron chi connectivity index (χ0n) is 25.4. The second-order valence-electron chi connectivity index (χ2n) is 11.2. The van der Waals surface area contributed by atoms with E-state index in [0.717, 1.165) is 28.0 Å². The number of nitrogens with zero attached hydrogens (tertiary/aromatic N) is 5. The minimum absolute atomic E-state index is 0.0500. The number of hydrogen-bond acceptors (Lipinski definition) is 7. The van der Waals surface area contributed by atoms with Crippen LogP contribution in [0.1, 0.15) is 51.5 Å². The van der Waals surface area contributed by atoms with E-state index in [1.54, 1.807) is 19.1 Å². The number of piperazine rings is 1. The molecule has 1 saturated heterocycles. The summed E-state index contributed by atoms with van der Waals surface area (Å²) < 4.78 is 46.4. The maximum absolute atomic E-state index is 13.8. The number of carbonyl (C=O) groups is 1. The van der Waals surface area contributed by atoms with Crippen LogP contribution in [0, 0.1) is 20.8 Å². The van der Waals surface area contributed by atoms with Crippen molar-refractivity contribution in [3.8, 4) is 17.0 Å². The number of aryl methyl sites for hydroxylation is 2. The number of methoxy groups -OCH3 is 1. The number of aromatic amines is 1. The molecule has 1 aliphatic heterocycles. The van der Waals surface area contributed by atoms with E-state index in [0.29, 0.717) is 41.4 Å². The molecule has 1 amide bonds. The Bertz CT molecular complexity index is 1720. The molecule has 2 N–H and O–H groups in total. The molecule has 0 aromatic carbocycles. The van der Waals surface area contributed by atoms with Gasteiger partial charge in [-0.3, -0.25) is 19.4 Å². The minimum Gasteiger partial charge on any atom is -0.496 e. The Labute approximate surface area is 252 Å². The predicted octanol–water partition coefficient (Wildman–Crippen LogP) is 4.19. The summed E-state index contributed by atoms with van der Waals surface area (Å²) in [6.45, 7) is 7.96. The fourth-order valence-electron chi connectivity index (χ4n) is 5.91. The van der Waals surface area contributed by atoms with Crippen LogP contribution in [0.4, 0.5) is 13.2 Å². The van der Waals surface area contributed by atoms with Gasteiger partial charge in [0.2, 0.25) is 0 Å². The third-order valence-electron chi connectivity index (χ3n) is 8.20. The first-order valence-corrected chi connectivity index (χ1v) is 14.4. The van der Waals surface area contributed by atoms with Crippen LogP contribution in [-0.4, -0.2) is 81.3 Å². The zero-order valence-corrected chi connectivity index (χ0v) is 25.4. The molecule has 1 aliphatic rings. The van der Waals surface area contributed by atoms with E-state index in [2.05, 4.69) is 25.4 Å². The number of aromatic nitrogens is 4. The van der Waals surface area contributed by atoms with Crippen LogP contribution in [0.3, 0.4) is 0 Å². The van der Waals surface area contributed by atoms with Crippen LogP contribution >= 0.6 is 0 Å². The third-order valence-corrected chi connectivity index (χ3v) is 8.20. The highest BCUT2D eigenvalue weighted by Gasteiger charge is 2.34. The lowest BCUT2D eigenvalue weighted by Gasteiger charge is -2.39. The largest absolute Gasteiger partial charge is 0.496 e. The summed E-state index contributed by atoms with van der Waals surface area (Å²) in [6, 6.07) is 8.94. The molecular weight excluding hydrogens is 575 g/mol. The second kappa shape index (κ2) is 12.4. The van der Waals surface area contributed by atoms with Gasteiger partial charge in [0.1, 0.15) is 5.75 Å². The van der Waals surface area contributed by atoms with Crippen molar-refractivity contribution in [2.45, 2.75) is 46.5 Å². The van der Waals surface area contributed by atoms with E-state index in [1.807, 2.05) is 49.6 Å². The summed E-state index contributed by atoms with van der Waals surface area (Å²) in [5.74, 6) is 0.00198. The van der Waals surface area contributed by atoms with E-state index in [4.69, 9.17) is 4.74 Å². The van der Waals surface area contributed by atoms with E-state index in [1.165, 1.54) is 12.0 Å². The summed E-state index contributed by atoms with van der Waals surface area (Å²) in [5.41, 5.74) is 5.51. The Kier molecular flexibility index (Phi) is 8.80. The first kappa shape index (κ1) is 31.2. The molecule has 44 heavy (non-hydrogen) atoms. The number of nitrogens with one attached hydrogen (secondary N) is 2. The summed E-state index contributed by atoms with van der Waals surface area (Å²) in [6.07, 6.45) is -2.32. The van der Waals surface area contributed by atoms with Gasteiger partial charge in [0, 0.05) is 60.9 Å². The molecule has 0 bridgehead atoms. The van der Waals surface area contributed by atoms with E-state index < -0.39 is 12.7 Å². The molecule has 13 heteroatoms. The monoisotopic (exact) mass is 611 g/mol. The molecule has 234 valence electrons. The number of pyridine rings is 2. The summed E-state index contributed by atoms with van der Waals surface area (Å²) in [5, 5.41) is 11.4. The summed E-state index contributed by atoms with van der Waals surface area (Å²) in [7, 11) is 1.47. The van der Waals surface area contributed by atoms with Crippen LogP contribution in [0.15, 0.2) is 41.3 Å². The molecule has 4 aromatic rings. The van der Waals surface area contributed by atoms with Gasteiger partial charge < -0.3 is 19.4 Å². The molecule has 10 nitrogen and oxygen atoms in total. The number of fused-ring (bicyclic) bond motifs is 1. The Morgan fingerprint density at radius 3 is 2.45 bits per heavy atom. The maximum Gasteiger partial charge on any atom is 0.401 e. The van der Waals surface area contributed by atoms with Gasteiger partial charge in [-0.2, -0.15) is 23.4 Å². The first-order chi connectivity index (χ1) is 20.9. The first-order valence-electron chi connectivity index (χ1n) is 14.4. The molecule has 0 aliphatic carbocycles. The highest BCUT2D eigenvalue weighted by atomic mass is 19.4. The fraction of sp³-hybridized carbons (Fsp3) is 0.419. The molecule has 0 radical (unpaired) electrons. The van der Waals surface area contributed by atoms with E-state index in [9.17, 15) is 22.8 Å².